The van der Waals surface area contributed by atoms with E-state index in [0.29, 0.717) is 19.1 Å². The van der Waals surface area contributed by atoms with Gasteiger partial charge in [0.25, 0.3) is 0 Å². The van der Waals surface area contributed by atoms with Gasteiger partial charge in [-0.2, -0.15) is 0 Å². The van der Waals surface area contributed by atoms with Crippen LogP contribution in [0.15, 0.2) is 0 Å². The van der Waals surface area contributed by atoms with Crippen molar-refractivity contribution in [3.8, 4) is 0 Å². The van der Waals surface area contributed by atoms with E-state index in [1.807, 2.05) is 13.8 Å². The van der Waals surface area contributed by atoms with Crippen LogP contribution in [0, 0.1) is 0 Å². The van der Waals surface area contributed by atoms with Gasteiger partial charge in [-0.1, -0.05) is 0 Å². The van der Waals surface area contributed by atoms with E-state index in [-0.39, 0.29) is 12.0 Å². The second-order valence-corrected chi connectivity index (χ2v) is 5.06. The van der Waals surface area contributed by atoms with Crippen LogP contribution in [0.25, 0.3) is 0 Å². The molecule has 0 aromatic carbocycles. The number of ether oxygens (including phenoxy) is 1. The van der Waals surface area contributed by atoms with Crippen LogP contribution in [-0.4, -0.2) is 49.2 Å². The fourth-order valence-electron chi connectivity index (χ4n) is 1.90. The normalized spacial score (nSPS) is 19.1. The Morgan fingerprint density at radius 2 is 2.12 bits per heavy atom. The molecule has 1 aliphatic carbocycles. The number of hydrogen-bond acceptors (Lipinski definition) is 4. The monoisotopic (exact) mass is 242 g/mol. The molecule has 0 aromatic rings. The third-order valence-electron chi connectivity index (χ3n) is 3.36. The Balaban J connectivity index is 2.13. The minimum absolute atomic E-state index is 0.115. The third kappa shape index (κ3) is 5.50. The maximum atomic E-state index is 11.3. The fraction of sp³-hybridized carbons (Fsp3) is 0.923. The van der Waals surface area contributed by atoms with Crippen molar-refractivity contribution in [1.82, 2.24) is 10.2 Å². The molecule has 2 atom stereocenters. The van der Waals surface area contributed by atoms with Gasteiger partial charge >= 0.3 is 5.97 Å². The number of carbonyl (C=O) groups excluding carboxylic acids is 1. The molecule has 1 saturated carbocycles. The molecule has 4 nitrogen and oxygen atoms in total. The molecule has 0 heterocycles. The molecule has 0 amide bonds. The topological polar surface area (TPSA) is 41.6 Å². The number of carbonyl (C=O) groups is 1. The highest BCUT2D eigenvalue weighted by molar-refractivity contribution is 5.69. The number of nitrogens with one attached hydrogen (secondary N) is 1. The smallest absolute Gasteiger partial charge is 0.307 e. The summed E-state index contributed by atoms with van der Waals surface area (Å²) in [6.45, 7) is 7.48. The van der Waals surface area contributed by atoms with E-state index in [1.54, 1.807) is 0 Å². The van der Waals surface area contributed by atoms with Gasteiger partial charge in [-0.15, -0.1) is 0 Å². The van der Waals surface area contributed by atoms with Crippen molar-refractivity contribution in [2.75, 3.05) is 20.2 Å². The van der Waals surface area contributed by atoms with Gasteiger partial charge in [0.1, 0.15) is 0 Å². The lowest BCUT2D eigenvalue weighted by atomic mass is 10.2. The summed E-state index contributed by atoms with van der Waals surface area (Å²) < 4.78 is 4.93. The molecule has 0 spiro atoms. The van der Waals surface area contributed by atoms with Crippen LogP contribution in [0.1, 0.15) is 40.0 Å². The van der Waals surface area contributed by atoms with Crippen LogP contribution in [0.3, 0.4) is 0 Å². The first-order valence-electron chi connectivity index (χ1n) is 6.65. The molecule has 1 N–H and O–H groups in total. The van der Waals surface area contributed by atoms with Crippen LogP contribution in [0.5, 0.6) is 0 Å². The van der Waals surface area contributed by atoms with Crippen LogP contribution in [-0.2, 0) is 9.53 Å². The first kappa shape index (κ1) is 14.5. The van der Waals surface area contributed by atoms with Gasteiger partial charge in [-0.3, -0.25) is 9.69 Å². The van der Waals surface area contributed by atoms with Crippen molar-refractivity contribution in [2.45, 2.75) is 58.2 Å². The SMILES string of the molecule is CCOC(=O)CC(C)NCC(C)N(C)C1CC1. The molecule has 4 heteroatoms. The van der Waals surface area contributed by atoms with Crippen LogP contribution < -0.4 is 5.32 Å². The molecule has 1 aliphatic rings. The average Bonchev–Trinajstić information content (AvgIpc) is 3.08. The number of nitrogens with zero attached hydrogens (tertiary/aromatic N) is 1. The Labute approximate surface area is 105 Å². The minimum Gasteiger partial charge on any atom is -0.466 e. The van der Waals surface area contributed by atoms with E-state index in [0.717, 1.165) is 12.6 Å². The van der Waals surface area contributed by atoms with E-state index in [1.165, 1.54) is 12.8 Å². The van der Waals surface area contributed by atoms with Crippen molar-refractivity contribution in [3.63, 3.8) is 0 Å². The molecule has 100 valence electrons. The summed E-state index contributed by atoms with van der Waals surface area (Å²) >= 11 is 0. The van der Waals surface area contributed by atoms with Gasteiger partial charge in [-0.25, -0.2) is 0 Å². The Morgan fingerprint density at radius 1 is 1.47 bits per heavy atom. The van der Waals surface area contributed by atoms with Crippen LogP contribution in [0.2, 0.25) is 0 Å². The Morgan fingerprint density at radius 3 is 2.65 bits per heavy atom. The van der Waals surface area contributed by atoms with Gasteiger partial charge in [0.15, 0.2) is 0 Å². The summed E-state index contributed by atoms with van der Waals surface area (Å²) in [5.74, 6) is -0.115. The fourth-order valence-corrected chi connectivity index (χ4v) is 1.90. The summed E-state index contributed by atoms with van der Waals surface area (Å²) in [7, 11) is 2.18. The highest BCUT2D eigenvalue weighted by Crippen LogP contribution is 2.26. The van der Waals surface area contributed by atoms with E-state index in [4.69, 9.17) is 4.74 Å². The molecule has 0 bridgehead atoms. The molecule has 1 fully saturated rings. The Hall–Kier alpha value is -0.610. The second kappa shape index (κ2) is 6.97. The molecule has 0 aromatic heterocycles. The van der Waals surface area contributed by atoms with Crippen LogP contribution >= 0.6 is 0 Å². The molecule has 0 aliphatic heterocycles. The van der Waals surface area contributed by atoms with Crippen molar-refractivity contribution in [2.24, 2.45) is 0 Å². The predicted octanol–water partition coefficient (Wildman–Crippen LogP) is 1.40. The molecular formula is C13H26N2O2. The lowest BCUT2D eigenvalue weighted by Crippen LogP contribution is -2.42. The molecule has 2 unspecified atom stereocenters. The standard InChI is InChI=1S/C13H26N2O2/c1-5-17-13(16)8-10(2)14-9-11(3)15(4)12-6-7-12/h10-12,14H,5-9H2,1-4H3. The largest absolute Gasteiger partial charge is 0.466 e. The molecule has 1 rings (SSSR count). The van der Waals surface area contributed by atoms with Gasteiger partial charge in [-0.05, 0) is 40.7 Å². The van der Waals surface area contributed by atoms with Gasteiger partial charge in [0.05, 0.1) is 13.0 Å². The quantitative estimate of drug-likeness (QED) is 0.653. The minimum atomic E-state index is -0.115. The maximum Gasteiger partial charge on any atom is 0.307 e. The zero-order valence-electron chi connectivity index (χ0n) is 11.5. The van der Waals surface area contributed by atoms with Crippen molar-refractivity contribution in [1.29, 1.82) is 0 Å². The zero-order chi connectivity index (χ0) is 12.8. The molecule has 0 saturated heterocycles. The summed E-state index contributed by atoms with van der Waals surface area (Å²) in [6, 6.07) is 1.49. The van der Waals surface area contributed by atoms with Gasteiger partial charge in [0, 0.05) is 24.7 Å². The van der Waals surface area contributed by atoms with Gasteiger partial charge < -0.3 is 10.1 Å². The Bertz CT molecular complexity index is 242. The summed E-state index contributed by atoms with van der Waals surface area (Å²) in [5, 5.41) is 3.39. The molecular weight excluding hydrogens is 216 g/mol. The van der Waals surface area contributed by atoms with E-state index < -0.39 is 0 Å². The highest BCUT2D eigenvalue weighted by Gasteiger charge is 2.29. The second-order valence-electron chi connectivity index (χ2n) is 5.06. The molecule has 17 heavy (non-hydrogen) atoms. The van der Waals surface area contributed by atoms with Gasteiger partial charge in [0.2, 0.25) is 0 Å². The van der Waals surface area contributed by atoms with E-state index in [9.17, 15) is 4.79 Å². The van der Waals surface area contributed by atoms with Crippen molar-refractivity contribution in [3.05, 3.63) is 0 Å². The number of likely N-dealkylation sites (N-methyl/N-ethyl adjacent to an activating group) is 1. The first-order chi connectivity index (χ1) is 8.04. The lowest BCUT2D eigenvalue weighted by molar-refractivity contribution is -0.143. The number of rotatable bonds is 8. The third-order valence-corrected chi connectivity index (χ3v) is 3.36. The van der Waals surface area contributed by atoms with Crippen molar-refractivity contribution >= 4 is 5.97 Å². The lowest BCUT2D eigenvalue weighted by Gasteiger charge is -2.26. The highest BCUT2D eigenvalue weighted by atomic mass is 16.5. The number of esters is 1. The first-order valence-corrected chi connectivity index (χ1v) is 6.65. The van der Waals surface area contributed by atoms with Crippen molar-refractivity contribution < 1.29 is 9.53 Å². The van der Waals surface area contributed by atoms with E-state index >= 15 is 0 Å². The average molecular weight is 242 g/mol. The van der Waals surface area contributed by atoms with E-state index in [2.05, 4.69) is 24.2 Å². The predicted molar refractivity (Wildman–Crippen MR) is 69.0 cm³/mol. The number of hydrogen-bond donors (Lipinski definition) is 1. The zero-order valence-corrected chi connectivity index (χ0v) is 11.5. The summed E-state index contributed by atoms with van der Waals surface area (Å²) in [6.07, 6.45) is 3.12. The summed E-state index contributed by atoms with van der Waals surface area (Å²) in [5.41, 5.74) is 0. The molecule has 0 radical (unpaired) electrons. The summed E-state index contributed by atoms with van der Waals surface area (Å²) in [4.78, 5) is 13.7. The maximum absolute atomic E-state index is 11.3. The Kier molecular flexibility index (Phi) is 5.92. The van der Waals surface area contributed by atoms with Crippen LogP contribution in [0.4, 0.5) is 0 Å².